The third-order valence-electron chi connectivity index (χ3n) is 3.72. The lowest BCUT2D eigenvalue weighted by Gasteiger charge is -2.24. The third kappa shape index (κ3) is 2.79. The smallest absolute Gasteiger partial charge is 0.145 e. The third-order valence-corrected chi connectivity index (χ3v) is 3.72. The van der Waals surface area contributed by atoms with Crippen LogP contribution in [0.15, 0.2) is 42.5 Å². The van der Waals surface area contributed by atoms with Gasteiger partial charge in [0.25, 0.3) is 0 Å². The topological polar surface area (TPSA) is 26.3 Å². The van der Waals surface area contributed by atoms with Crippen molar-refractivity contribution in [3.63, 3.8) is 0 Å². The van der Waals surface area contributed by atoms with Crippen LogP contribution >= 0.6 is 0 Å². The zero-order valence-corrected chi connectivity index (χ0v) is 11.3. The molecular formula is C17H14F2O2. The number of fused-ring (bicyclic) bond motifs is 1. The molecule has 0 bridgehead atoms. The number of para-hydroxylation sites is 1. The first kappa shape index (κ1) is 13.7. The molecule has 0 saturated carbocycles. The maximum Gasteiger partial charge on any atom is 0.145 e. The molecule has 21 heavy (non-hydrogen) atoms. The Morgan fingerprint density at radius 2 is 2.00 bits per heavy atom. The van der Waals surface area contributed by atoms with Gasteiger partial charge in [-0.25, -0.2) is 8.78 Å². The van der Waals surface area contributed by atoms with Gasteiger partial charge in [0.05, 0.1) is 6.61 Å². The molecule has 1 unspecified atom stereocenters. The number of halogens is 2. The maximum atomic E-state index is 13.6. The van der Waals surface area contributed by atoms with E-state index in [1.54, 1.807) is 0 Å². The predicted octanol–water partition coefficient (Wildman–Crippen LogP) is 3.64. The Morgan fingerprint density at radius 1 is 1.19 bits per heavy atom. The van der Waals surface area contributed by atoms with Gasteiger partial charge in [-0.3, -0.25) is 4.79 Å². The van der Waals surface area contributed by atoms with Gasteiger partial charge < -0.3 is 4.74 Å². The van der Waals surface area contributed by atoms with E-state index in [1.165, 1.54) is 0 Å². The van der Waals surface area contributed by atoms with Crippen molar-refractivity contribution in [2.75, 3.05) is 6.61 Å². The molecule has 0 amide bonds. The summed E-state index contributed by atoms with van der Waals surface area (Å²) in [7, 11) is 0. The molecule has 3 rings (SSSR count). The van der Waals surface area contributed by atoms with E-state index < -0.39 is 11.6 Å². The molecule has 0 aromatic heterocycles. The van der Waals surface area contributed by atoms with Crippen molar-refractivity contribution in [2.45, 2.75) is 18.8 Å². The van der Waals surface area contributed by atoms with Crippen LogP contribution in [0.25, 0.3) is 0 Å². The minimum Gasteiger partial charge on any atom is -0.493 e. The van der Waals surface area contributed by atoms with E-state index in [2.05, 4.69) is 0 Å². The first-order valence-electron chi connectivity index (χ1n) is 6.83. The molecule has 108 valence electrons. The molecule has 2 aromatic carbocycles. The molecule has 1 aliphatic heterocycles. The molecule has 1 atom stereocenters. The quantitative estimate of drug-likeness (QED) is 0.862. The summed E-state index contributed by atoms with van der Waals surface area (Å²) in [6.45, 7) is 0.457. The fraction of sp³-hybridized carbons (Fsp3) is 0.235. The fourth-order valence-corrected chi connectivity index (χ4v) is 2.67. The first-order chi connectivity index (χ1) is 10.1. The number of hydrogen-bond donors (Lipinski definition) is 0. The molecule has 0 aliphatic carbocycles. The number of carbonyl (C=O) groups excluding carboxylic acids is 1. The van der Waals surface area contributed by atoms with Crippen molar-refractivity contribution in [1.29, 1.82) is 0 Å². The molecular weight excluding hydrogens is 274 g/mol. The van der Waals surface area contributed by atoms with E-state index in [0.29, 0.717) is 18.8 Å². The molecule has 1 aliphatic rings. The highest BCUT2D eigenvalue weighted by atomic mass is 19.1. The summed E-state index contributed by atoms with van der Waals surface area (Å²) in [5.74, 6) is -0.827. The van der Waals surface area contributed by atoms with E-state index in [4.69, 9.17) is 4.74 Å². The van der Waals surface area contributed by atoms with Crippen molar-refractivity contribution in [2.24, 2.45) is 0 Å². The van der Waals surface area contributed by atoms with Gasteiger partial charge in [-0.05, 0) is 36.2 Å². The van der Waals surface area contributed by atoms with Crippen molar-refractivity contribution in [3.8, 4) is 5.75 Å². The predicted molar refractivity (Wildman–Crippen MR) is 74.4 cm³/mol. The van der Waals surface area contributed by atoms with Gasteiger partial charge in [-0.1, -0.05) is 18.2 Å². The zero-order chi connectivity index (χ0) is 14.8. The lowest BCUT2D eigenvalue weighted by Crippen LogP contribution is -2.23. The largest absolute Gasteiger partial charge is 0.493 e. The average Bonchev–Trinajstić information content (AvgIpc) is 2.50. The van der Waals surface area contributed by atoms with Crippen molar-refractivity contribution in [3.05, 3.63) is 65.2 Å². The lowest BCUT2D eigenvalue weighted by molar-refractivity contribution is -0.120. The van der Waals surface area contributed by atoms with E-state index in [-0.39, 0.29) is 23.7 Å². The molecule has 2 aromatic rings. The van der Waals surface area contributed by atoms with Crippen LogP contribution in [0.1, 0.15) is 23.5 Å². The van der Waals surface area contributed by atoms with Crippen LogP contribution in [0, 0.1) is 11.6 Å². The highest BCUT2D eigenvalue weighted by Gasteiger charge is 2.27. The molecule has 0 fully saturated rings. The van der Waals surface area contributed by atoms with E-state index in [1.807, 2.05) is 24.3 Å². The van der Waals surface area contributed by atoms with Crippen molar-refractivity contribution in [1.82, 2.24) is 0 Å². The number of benzene rings is 2. The Labute approximate surface area is 121 Å². The van der Waals surface area contributed by atoms with Gasteiger partial charge in [-0.15, -0.1) is 0 Å². The summed E-state index contributed by atoms with van der Waals surface area (Å²) in [5, 5.41) is 0. The summed E-state index contributed by atoms with van der Waals surface area (Å²) < 4.78 is 32.3. The van der Waals surface area contributed by atoms with E-state index in [0.717, 1.165) is 23.8 Å². The SMILES string of the molecule is O=C(Cc1cc(F)ccc1F)C1CCOc2ccccc21. The normalized spacial score (nSPS) is 17.0. The summed E-state index contributed by atoms with van der Waals surface area (Å²) in [6, 6.07) is 10.5. The van der Waals surface area contributed by atoms with Crippen LogP contribution in [-0.2, 0) is 11.2 Å². The fourth-order valence-electron chi connectivity index (χ4n) is 2.67. The van der Waals surface area contributed by atoms with E-state index in [9.17, 15) is 13.6 Å². The number of hydrogen-bond acceptors (Lipinski definition) is 2. The second-order valence-electron chi connectivity index (χ2n) is 5.11. The Kier molecular flexibility index (Phi) is 3.69. The number of carbonyl (C=O) groups is 1. The highest BCUT2D eigenvalue weighted by Crippen LogP contribution is 2.34. The Hall–Kier alpha value is -2.23. The monoisotopic (exact) mass is 288 g/mol. The first-order valence-corrected chi connectivity index (χ1v) is 6.83. The molecule has 0 saturated heterocycles. The molecule has 0 N–H and O–H groups in total. The lowest BCUT2D eigenvalue weighted by atomic mass is 9.86. The second kappa shape index (κ2) is 5.64. The van der Waals surface area contributed by atoms with Gasteiger partial charge in [0.15, 0.2) is 0 Å². The second-order valence-corrected chi connectivity index (χ2v) is 5.11. The summed E-state index contributed by atoms with van der Waals surface area (Å²) in [5.41, 5.74) is 0.925. The maximum absolute atomic E-state index is 13.6. The Bertz CT molecular complexity index is 682. The van der Waals surface area contributed by atoms with Crippen LogP contribution in [0.5, 0.6) is 5.75 Å². The Morgan fingerprint density at radius 3 is 2.86 bits per heavy atom. The van der Waals surface area contributed by atoms with E-state index >= 15 is 0 Å². The number of Topliss-reactive ketones (excluding diaryl/α,β-unsaturated/α-hetero) is 1. The van der Waals surface area contributed by atoms with Crippen molar-refractivity contribution < 1.29 is 18.3 Å². The minimum atomic E-state index is -0.551. The van der Waals surface area contributed by atoms with Gasteiger partial charge >= 0.3 is 0 Å². The minimum absolute atomic E-state index is 0.101. The molecule has 2 nitrogen and oxygen atoms in total. The average molecular weight is 288 g/mol. The standard InChI is InChI=1S/C17H14F2O2/c18-12-5-6-15(19)11(9-12)10-16(20)13-7-8-21-17-4-2-1-3-14(13)17/h1-6,9,13H,7-8,10H2. The van der Waals surface area contributed by atoms with Gasteiger partial charge in [0.1, 0.15) is 23.2 Å². The number of rotatable bonds is 3. The van der Waals surface area contributed by atoms with Gasteiger partial charge in [0, 0.05) is 17.9 Å². The van der Waals surface area contributed by atoms with Gasteiger partial charge in [0.2, 0.25) is 0 Å². The molecule has 0 spiro atoms. The molecule has 0 radical (unpaired) electrons. The number of ether oxygens (including phenoxy) is 1. The molecule has 4 heteroatoms. The van der Waals surface area contributed by atoms with Crippen LogP contribution in [0.2, 0.25) is 0 Å². The van der Waals surface area contributed by atoms with Crippen LogP contribution < -0.4 is 4.74 Å². The summed E-state index contributed by atoms with van der Waals surface area (Å²) >= 11 is 0. The molecule has 1 heterocycles. The van der Waals surface area contributed by atoms with Crippen LogP contribution in [-0.4, -0.2) is 12.4 Å². The van der Waals surface area contributed by atoms with Crippen LogP contribution in [0.3, 0.4) is 0 Å². The van der Waals surface area contributed by atoms with Crippen LogP contribution in [0.4, 0.5) is 8.78 Å². The Balaban J connectivity index is 1.85. The highest BCUT2D eigenvalue weighted by molar-refractivity contribution is 5.88. The summed E-state index contributed by atoms with van der Waals surface area (Å²) in [6.07, 6.45) is 0.454. The number of ketones is 1. The summed E-state index contributed by atoms with van der Waals surface area (Å²) in [4.78, 5) is 12.4. The zero-order valence-electron chi connectivity index (χ0n) is 11.3. The van der Waals surface area contributed by atoms with Gasteiger partial charge in [-0.2, -0.15) is 0 Å². The van der Waals surface area contributed by atoms with Crippen molar-refractivity contribution >= 4 is 5.78 Å².